The van der Waals surface area contributed by atoms with Crippen molar-refractivity contribution in [2.75, 3.05) is 18.7 Å². The molecule has 16 nitrogen and oxygen atoms in total. The maximum absolute atomic E-state index is 12.6. The third kappa shape index (κ3) is 6.93. The molecule has 1 aliphatic heterocycles. The van der Waals surface area contributed by atoms with E-state index in [0.29, 0.717) is 6.42 Å². The maximum atomic E-state index is 12.6. The second kappa shape index (κ2) is 13.1. The number of hydrogen-bond donors (Lipinski definition) is 3. The Morgan fingerprint density at radius 2 is 1.98 bits per heavy atom. The van der Waals surface area contributed by atoms with Crippen molar-refractivity contribution in [1.82, 2.24) is 14.6 Å². The monoisotopic (exact) mass is 590 g/mol. The van der Waals surface area contributed by atoms with E-state index in [1.165, 1.54) is 16.6 Å². The number of amides is 1. The van der Waals surface area contributed by atoms with Crippen LogP contribution in [-0.2, 0) is 43.7 Å². The number of hydrogen-bond acceptors (Lipinski definition) is 14. The van der Waals surface area contributed by atoms with Crippen molar-refractivity contribution in [1.29, 1.82) is 5.26 Å². The van der Waals surface area contributed by atoms with Gasteiger partial charge in [0.2, 0.25) is 18.3 Å². The Kier molecular flexibility index (Phi) is 10.0. The van der Waals surface area contributed by atoms with E-state index in [0.717, 1.165) is 13.3 Å². The highest BCUT2D eigenvalue weighted by Gasteiger charge is 2.60. The highest BCUT2D eigenvalue weighted by atomic mass is 16.8. The molecule has 3 rings (SSSR count). The number of carbonyl (C=O) groups excluding carboxylic acids is 4. The van der Waals surface area contributed by atoms with Crippen LogP contribution in [0.2, 0.25) is 0 Å². The fourth-order valence-corrected chi connectivity index (χ4v) is 4.09. The first kappa shape index (κ1) is 32.2. The Morgan fingerprint density at radius 3 is 2.60 bits per heavy atom. The molecule has 1 amide bonds. The number of nitriles is 1. The molecule has 0 saturated carbocycles. The van der Waals surface area contributed by atoms with Crippen molar-refractivity contribution in [3.05, 3.63) is 24.2 Å². The molecule has 1 saturated heterocycles. The molecular weight excluding hydrogens is 556 g/mol. The number of aliphatic hydroxyl groups excluding tert-OH is 1. The maximum Gasteiger partial charge on any atom is 0.511 e. The summed E-state index contributed by atoms with van der Waals surface area (Å²) in [5, 5.41) is 28.5. The third-order valence-electron chi connectivity index (χ3n) is 6.41. The summed E-state index contributed by atoms with van der Waals surface area (Å²) in [5.41, 5.74) is 3.41. The van der Waals surface area contributed by atoms with Gasteiger partial charge in [-0.3, -0.25) is 14.4 Å². The van der Waals surface area contributed by atoms with Crippen molar-refractivity contribution in [2.45, 2.75) is 77.4 Å². The first-order valence-corrected chi connectivity index (χ1v) is 13.0. The fraction of sp³-hybridized carbons (Fsp3) is 0.577. The number of fused-ring (bicyclic) bond motifs is 1. The molecule has 4 N–H and O–H groups in total. The smallest absolute Gasteiger partial charge is 0.462 e. The number of aliphatic hydroxyl groups is 1. The number of ether oxygens (including phenoxy) is 5. The van der Waals surface area contributed by atoms with Crippen LogP contribution < -0.4 is 11.1 Å². The molecule has 1 aliphatic rings. The number of carbonyl (C=O) groups is 4. The number of anilines is 1. The zero-order chi connectivity index (χ0) is 31.2. The van der Waals surface area contributed by atoms with Gasteiger partial charge in [0, 0.05) is 13.3 Å². The average molecular weight is 591 g/mol. The van der Waals surface area contributed by atoms with Gasteiger partial charge in [0.05, 0.1) is 5.69 Å². The zero-order valence-corrected chi connectivity index (χ0v) is 23.9. The molecule has 42 heavy (non-hydrogen) atoms. The van der Waals surface area contributed by atoms with Gasteiger partial charge < -0.3 is 39.8 Å². The summed E-state index contributed by atoms with van der Waals surface area (Å²) < 4.78 is 27.0. The van der Waals surface area contributed by atoms with Gasteiger partial charge in [-0.05, 0) is 24.0 Å². The minimum Gasteiger partial charge on any atom is -0.462 e. The molecule has 0 radical (unpaired) electrons. The van der Waals surface area contributed by atoms with Crippen molar-refractivity contribution in [3.63, 3.8) is 0 Å². The van der Waals surface area contributed by atoms with E-state index < -0.39 is 66.9 Å². The van der Waals surface area contributed by atoms with Crippen molar-refractivity contribution < 1.29 is 48.0 Å². The number of rotatable bonds is 10. The molecule has 0 spiro atoms. The Labute approximate surface area is 241 Å². The van der Waals surface area contributed by atoms with Crippen molar-refractivity contribution in [2.24, 2.45) is 11.1 Å². The van der Waals surface area contributed by atoms with Gasteiger partial charge in [0.15, 0.2) is 11.9 Å². The van der Waals surface area contributed by atoms with Crippen LogP contribution in [0, 0.1) is 16.7 Å². The molecule has 5 atom stereocenters. The normalized spacial score (nSPS) is 22.6. The summed E-state index contributed by atoms with van der Waals surface area (Å²) in [5.74, 6) is -1.65. The van der Waals surface area contributed by atoms with Crippen LogP contribution in [0.15, 0.2) is 18.5 Å². The van der Waals surface area contributed by atoms with Gasteiger partial charge in [-0.15, -0.1) is 0 Å². The molecule has 3 heterocycles. The van der Waals surface area contributed by atoms with Crippen LogP contribution >= 0.6 is 0 Å². The molecule has 228 valence electrons. The lowest BCUT2D eigenvalue weighted by molar-refractivity contribution is -0.155. The van der Waals surface area contributed by atoms with E-state index >= 15 is 0 Å². The Bertz CT molecular complexity index is 1370. The van der Waals surface area contributed by atoms with Crippen LogP contribution in [-0.4, -0.2) is 81.5 Å². The molecule has 0 unspecified atom stereocenters. The van der Waals surface area contributed by atoms with Gasteiger partial charge in [-0.1, -0.05) is 27.7 Å². The summed E-state index contributed by atoms with van der Waals surface area (Å²) in [4.78, 5) is 52.2. The first-order chi connectivity index (χ1) is 19.7. The standard InChI is InChI=1S/C26H34N6O10/c1-6-7-18(34)31-22-15-8-9-17(32(15)30-12-29-22)26(11-27)21(35)19(41-24(37)40-13-39-14(2)33)16(42-26)10-38-23(36)20(28)25(3,4)5/h8-9,12,16,19-21,35H,6-7,10,13,28H2,1-5H3,(H,29,30,31,34)/t16-,19-,20-,21-,26+/m1/s1. The summed E-state index contributed by atoms with van der Waals surface area (Å²) in [6.45, 7) is 6.81. The van der Waals surface area contributed by atoms with E-state index in [4.69, 9.17) is 24.7 Å². The lowest BCUT2D eigenvalue weighted by atomic mass is 9.87. The van der Waals surface area contributed by atoms with Crippen LogP contribution in [0.5, 0.6) is 0 Å². The molecule has 0 aromatic carbocycles. The number of esters is 2. The second-order valence-corrected chi connectivity index (χ2v) is 10.6. The minimum atomic E-state index is -2.21. The largest absolute Gasteiger partial charge is 0.511 e. The highest BCUT2D eigenvalue weighted by Crippen LogP contribution is 2.42. The number of nitrogens with zero attached hydrogens (tertiary/aromatic N) is 4. The Morgan fingerprint density at radius 1 is 1.26 bits per heavy atom. The van der Waals surface area contributed by atoms with E-state index in [9.17, 15) is 29.5 Å². The predicted molar refractivity (Wildman–Crippen MR) is 141 cm³/mol. The van der Waals surface area contributed by atoms with E-state index in [-0.39, 0.29) is 29.4 Å². The quantitative estimate of drug-likeness (QED) is 0.198. The van der Waals surface area contributed by atoms with Crippen molar-refractivity contribution in [3.8, 4) is 6.07 Å². The fourth-order valence-electron chi connectivity index (χ4n) is 4.09. The van der Waals surface area contributed by atoms with Gasteiger partial charge in [0.25, 0.3) is 0 Å². The van der Waals surface area contributed by atoms with Crippen LogP contribution in [0.3, 0.4) is 0 Å². The lowest BCUT2D eigenvalue weighted by Crippen LogP contribution is -2.45. The average Bonchev–Trinajstić information content (AvgIpc) is 3.47. The van der Waals surface area contributed by atoms with E-state index in [1.807, 2.05) is 13.0 Å². The van der Waals surface area contributed by atoms with Gasteiger partial charge in [-0.25, -0.2) is 14.3 Å². The summed E-state index contributed by atoms with van der Waals surface area (Å²) >= 11 is 0. The Balaban J connectivity index is 1.96. The summed E-state index contributed by atoms with van der Waals surface area (Å²) in [6, 6.07) is 3.83. The van der Waals surface area contributed by atoms with Crippen LogP contribution in [0.4, 0.5) is 10.6 Å². The van der Waals surface area contributed by atoms with E-state index in [2.05, 4.69) is 20.1 Å². The molecule has 1 fully saturated rings. The van der Waals surface area contributed by atoms with E-state index in [1.54, 1.807) is 20.8 Å². The molecule has 0 aliphatic carbocycles. The highest BCUT2D eigenvalue weighted by molar-refractivity contribution is 5.93. The number of nitrogens with two attached hydrogens (primary N) is 1. The van der Waals surface area contributed by atoms with Gasteiger partial charge >= 0.3 is 18.1 Å². The SMILES string of the molecule is CCCC(=O)Nc1ncnn2c([C@]3(C#N)O[C@H](COC(=O)[C@@H](N)C(C)(C)C)[C@@H](OC(=O)OCOC(C)=O)[C@H]3O)ccc12. The summed E-state index contributed by atoms with van der Waals surface area (Å²) in [7, 11) is 0. The summed E-state index contributed by atoms with van der Waals surface area (Å²) in [6.07, 6.45) is -4.22. The van der Waals surface area contributed by atoms with Crippen molar-refractivity contribution >= 4 is 35.3 Å². The van der Waals surface area contributed by atoms with Crippen LogP contribution in [0.25, 0.3) is 5.52 Å². The predicted octanol–water partition coefficient (Wildman–Crippen LogP) is 0.905. The zero-order valence-electron chi connectivity index (χ0n) is 23.9. The van der Waals surface area contributed by atoms with Gasteiger partial charge in [0.1, 0.15) is 42.8 Å². The topological polar surface area (TPSA) is 227 Å². The molecule has 0 bridgehead atoms. The first-order valence-electron chi connectivity index (χ1n) is 13.0. The number of aromatic nitrogens is 3. The minimum absolute atomic E-state index is 0.00277. The lowest BCUT2D eigenvalue weighted by Gasteiger charge is -2.26. The molecule has 2 aromatic rings. The second-order valence-electron chi connectivity index (χ2n) is 10.6. The molecular formula is C26H34N6O10. The van der Waals surface area contributed by atoms with Gasteiger partial charge in [-0.2, -0.15) is 10.4 Å². The number of nitrogens with one attached hydrogen (secondary N) is 1. The molecule has 2 aromatic heterocycles. The third-order valence-corrected chi connectivity index (χ3v) is 6.41. The Hall–Kier alpha value is -4.33. The molecule has 16 heteroatoms. The van der Waals surface area contributed by atoms with Crippen LogP contribution in [0.1, 0.15) is 53.2 Å².